The third-order valence-corrected chi connectivity index (χ3v) is 5.19. The molecule has 0 radical (unpaired) electrons. The number of rotatable bonds is 6. The Hall–Kier alpha value is -3.42. The summed E-state index contributed by atoms with van der Waals surface area (Å²) < 4.78 is 6.43. The largest absolute Gasteiger partial charge is 0.466 e. The second-order valence-corrected chi connectivity index (χ2v) is 7.64. The zero-order valence-corrected chi connectivity index (χ0v) is 17.8. The molecule has 2 aromatic rings. The van der Waals surface area contributed by atoms with Gasteiger partial charge < -0.3 is 19.5 Å². The van der Waals surface area contributed by atoms with Crippen LogP contribution in [0.5, 0.6) is 0 Å². The summed E-state index contributed by atoms with van der Waals surface area (Å²) in [5.41, 5.74) is 1.66. The average molecular weight is 425 g/mol. The summed E-state index contributed by atoms with van der Waals surface area (Å²) in [5.74, 6) is -1.04. The first kappa shape index (κ1) is 22.3. The summed E-state index contributed by atoms with van der Waals surface area (Å²) in [5, 5.41) is 2.73. The van der Waals surface area contributed by atoms with E-state index in [4.69, 9.17) is 4.74 Å². The van der Waals surface area contributed by atoms with Gasteiger partial charge in [-0.2, -0.15) is 0 Å². The van der Waals surface area contributed by atoms with Gasteiger partial charge in [-0.05, 0) is 56.5 Å². The molecule has 3 rings (SSSR count). The number of benzene rings is 1. The lowest BCUT2D eigenvalue weighted by atomic mass is 9.97. The molecule has 0 saturated carbocycles. The van der Waals surface area contributed by atoms with Crippen molar-refractivity contribution < 1.29 is 19.1 Å². The van der Waals surface area contributed by atoms with Gasteiger partial charge in [0.1, 0.15) is 6.54 Å². The quantitative estimate of drug-likeness (QED) is 0.716. The lowest BCUT2D eigenvalue weighted by molar-refractivity contribution is -0.149. The smallest absolute Gasteiger partial charge is 0.310 e. The molecular formula is C23H27N3O5. The van der Waals surface area contributed by atoms with E-state index in [1.165, 1.54) is 10.6 Å². The molecule has 164 valence electrons. The molecule has 1 aliphatic heterocycles. The minimum absolute atomic E-state index is 0.0930. The van der Waals surface area contributed by atoms with Gasteiger partial charge in [-0.15, -0.1) is 0 Å². The van der Waals surface area contributed by atoms with Crippen molar-refractivity contribution in [2.45, 2.75) is 33.2 Å². The Balaban J connectivity index is 1.59. The van der Waals surface area contributed by atoms with Crippen LogP contribution in [-0.4, -0.2) is 46.9 Å². The van der Waals surface area contributed by atoms with E-state index in [1.807, 2.05) is 6.92 Å². The van der Waals surface area contributed by atoms with Crippen LogP contribution in [0.4, 0.5) is 5.69 Å². The highest BCUT2D eigenvalue weighted by molar-refractivity contribution is 5.96. The predicted molar refractivity (Wildman–Crippen MR) is 116 cm³/mol. The van der Waals surface area contributed by atoms with Crippen LogP contribution in [0, 0.1) is 12.8 Å². The van der Waals surface area contributed by atoms with Crippen LogP contribution in [0.2, 0.25) is 0 Å². The van der Waals surface area contributed by atoms with Gasteiger partial charge >= 0.3 is 5.97 Å². The fourth-order valence-corrected chi connectivity index (χ4v) is 3.62. The molecule has 31 heavy (non-hydrogen) atoms. The summed E-state index contributed by atoms with van der Waals surface area (Å²) >= 11 is 0. The standard InChI is InChI=1S/C23H27N3O5/c1-3-31-23(30)18-5-4-12-25(14-18)22(29)17-7-9-19(10-8-17)24-20(27)15-26-13-16(2)6-11-21(26)28/h6-11,13,18H,3-5,12,14-15H2,1-2H3,(H,24,27). The zero-order valence-electron chi connectivity index (χ0n) is 17.8. The topological polar surface area (TPSA) is 97.7 Å². The number of likely N-dealkylation sites (tertiary alicyclic amines) is 1. The van der Waals surface area contributed by atoms with Crippen LogP contribution in [0.3, 0.4) is 0 Å². The molecule has 1 saturated heterocycles. The molecular weight excluding hydrogens is 398 g/mol. The third kappa shape index (κ3) is 5.81. The van der Waals surface area contributed by atoms with Gasteiger partial charge in [-0.25, -0.2) is 0 Å². The van der Waals surface area contributed by atoms with Crippen molar-refractivity contribution in [3.05, 3.63) is 64.1 Å². The van der Waals surface area contributed by atoms with E-state index >= 15 is 0 Å². The molecule has 8 heteroatoms. The molecule has 2 amide bonds. The van der Waals surface area contributed by atoms with Crippen LogP contribution in [0.1, 0.15) is 35.7 Å². The maximum absolute atomic E-state index is 12.8. The van der Waals surface area contributed by atoms with E-state index in [2.05, 4.69) is 5.32 Å². The molecule has 1 aliphatic rings. The number of hydrogen-bond acceptors (Lipinski definition) is 5. The van der Waals surface area contributed by atoms with Crippen molar-refractivity contribution in [2.75, 3.05) is 25.0 Å². The first-order valence-electron chi connectivity index (χ1n) is 10.4. The van der Waals surface area contributed by atoms with E-state index in [-0.39, 0.29) is 35.8 Å². The molecule has 0 spiro atoms. The minimum Gasteiger partial charge on any atom is -0.466 e. The highest BCUT2D eigenvalue weighted by Gasteiger charge is 2.29. The molecule has 0 aliphatic carbocycles. The molecule has 1 aromatic carbocycles. The first-order valence-corrected chi connectivity index (χ1v) is 10.4. The fraction of sp³-hybridized carbons (Fsp3) is 0.391. The molecule has 1 unspecified atom stereocenters. The van der Waals surface area contributed by atoms with E-state index in [0.717, 1.165) is 18.4 Å². The highest BCUT2D eigenvalue weighted by Crippen LogP contribution is 2.20. The lowest BCUT2D eigenvalue weighted by Crippen LogP contribution is -2.42. The molecule has 2 heterocycles. The SMILES string of the molecule is CCOC(=O)C1CCCN(C(=O)c2ccc(NC(=O)Cn3cc(C)ccc3=O)cc2)C1. The van der Waals surface area contributed by atoms with E-state index < -0.39 is 0 Å². The van der Waals surface area contributed by atoms with Crippen LogP contribution in [0.25, 0.3) is 0 Å². The minimum atomic E-state index is -0.333. The number of ether oxygens (including phenoxy) is 1. The Bertz CT molecular complexity index is 1010. The number of amides is 2. The number of pyridine rings is 1. The van der Waals surface area contributed by atoms with Crippen LogP contribution >= 0.6 is 0 Å². The summed E-state index contributed by atoms with van der Waals surface area (Å²) in [7, 11) is 0. The number of esters is 1. The van der Waals surface area contributed by atoms with Gasteiger partial charge in [-0.3, -0.25) is 19.2 Å². The average Bonchev–Trinajstić information content (AvgIpc) is 2.76. The van der Waals surface area contributed by atoms with Crippen LogP contribution < -0.4 is 10.9 Å². The van der Waals surface area contributed by atoms with Crippen molar-refractivity contribution >= 4 is 23.5 Å². The van der Waals surface area contributed by atoms with Gasteiger partial charge in [0, 0.05) is 36.6 Å². The summed E-state index contributed by atoms with van der Waals surface area (Å²) in [6.45, 7) is 4.79. The summed E-state index contributed by atoms with van der Waals surface area (Å²) in [6, 6.07) is 9.71. The number of piperidine rings is 1. The number of aryl methyl sites for hydroxylation is 1. The van der Waals surface area contributed by atoms with Crippen molar-refractivity contribution in [1.29, 1.82) is 0 Å². The third-order valence-electron chi connectivity index (χ3n) is 5.19. The van der Waals surface area contributed by atoms with Crippen LogP contribution in [-0.2, 0) is 20.9 Å². The fourth-order valence-electron chi connectivity index (χ4n) is 3.62. The maximum atomic E-state index is 12.8. The van der Waals surface area contributed by atoms with Gasteiger partial charge in [0.2, 0.25) is 5.91 Å². The normalized spacial score (nSPS) is 15.9. The predicted octanol–water partition coefficient (Wildman–Crippen LogP) is 2.21. The number of aromatic nitrogens is 1. The van der Waals surface area contributed by atoms with Crippen molar-refractivity contribution in [3.8, 4) is 0 Å². The monoisotopic (exact) mass is 425 g/mol. The van der Waals surface area contributed by atoms with Crippen molar-refractivity contribution in [1.82, 2.24) is 9.47 Å². The molecule has 0 bridgehead atoms. The second-order valence-electron chi connectivity index (χ2n) is 7.64. The summed E-state index contributed by atoms with van der Waals surface area (Å²) in [4.78, 5) is 50.6. The maximum Gasteiger partial charge on any atom is 0.310 e. The van der Waals surface area contributed by atoms with Gasteiger partial charge in [0.25, 0.3) is 11.5 Å². The number of carbonyl (C=O) groups excluding carboxylic acids is 3. The van der Waals surface area contributed by atoms with Gasteiger partial charge in [0.15, 0.2) is 0 Å². The highest BCUT2D eigenvalue weighted by atomic mass is 16.5. The van der Waals surface area contributed by atoms with Crippen molar-refractivity contribution in [2.24, 2.45) is 5.92 Å². The van der Waals surface area contributed by atoms with Gasteiger partial charge in [-0.1, -0.05) is 6.07 Å². The Kier molecular flexibility index (Phi) is 7.23. The number of anilines is 1. The molecule has 1 N–H and O–H groups in total. The van der Waals surface area contributed by atoms with Crippen LogP contribution in [0.15, 0.2) is 47.4 Å². The van der Waals surface area contributed by atoms with E-state index in [0.29, 0.717) is 30.9 Å². The van der Waals surface area contributed by atoms with Crippen molar-refractivity contribution in [3.63, 3.8) is 0 Å². The Morgan fingerprint density at radius 2 is 1.87 bits per heavy atom. The summed E-state index contributed by atoms with van der Waals surface area (Å²) in [6.07, 6.45) is 3.10. The zero-order chi connectivity index (χ0) is 22.4. The number of nitrogens with one attached hydrogen (secondary N) is 1. The van der Waals surface area contributed by atoms with E-state index in [1.54, 1.807) is 48.4 Å². The van der Waals surface area contributed by atoms with Gasteiger partial charge in [0.05, 0.1) is 12.5 Å². The number of carbonyl (C=O) groups is 3. The second kappa shape index (κ2) is 10.1. The molecule has 1 atom stereocenters. The first-order chi connectivity index (χ1) is 14.9. The Labute approximate surface area is 180 Å². The lowest BCUT2D eigenvalue weighted by Gasteiger charge is -2.31. The number of nitrogens with zero attached hydrogens (tertiary/aromatic N) is 2. The van der Waals surface area contributed by atoms with E-state index in [9.17, 15) is 19.2 Å². The molecule has 1 aromatic heterocycles. The Morgan fingerprint density at radius 3 is 2.58 bits per heavy atom. The number of hydrogen-bond donors (Lipinski definition) is 1. The Morgan fingerprint density at radius 1 is 1.13 bits per heavy atom. The molecule has 1 fully saturated rings. The molecule has 8 nitrogen and oxygen atoms in total.